The zero-order valence-electron chi connectivity index (χ0n) is 24.6. The summed E-state index contributed by atoms with van der Waals surface area (Å²) in [6.07, 6.45) is 4.22. The molecule has 2 aromatic carbocycles. The second-order valence-corrected chi connectivity index (χ2v) is 10.7. The molecule has 0 saturated carbocycles. The van der Waals surface area contributed by atoms with E-state index in [2.05, 4.69) is 67.8 Å². The Morgan fingerprint density at radius 3 is 2.21 bits per heavy atom. The summed E-state index contributed by atoms with van der Waals surface area (Å²) in [5, 5.41) is 0. The van der Waals surface area contributed by atoms with Gasteiger partial charge in [0.1, 0.15) is 11.5 Å². The van der Waals surface area contributed by atoms with Crippen molar-refractivity contribution in [2.24, 2.45) is 0 Å². The van der Waals surface area contributed by atoms with Crippen molar-refractivity contribution in [1.29, 1.82) is 0 Å². The molecule has 0 N–H and O–H groups in total. The first-order valence-corrected chi connectivity index (χ1v) is 14.2. The molecule has 2 fully saturated rings. The number of urea groups is 1. The number of ether oxygens (including phenoxy) is 2. The molecule has 6 nitrogen and oxygen atoms in total. The number of amides is 2. The number of benzene rings is 2. The largest absolute Gasteiger partial charge is 0.497 e. The molecular formula is C32H45N3O3. The minimum absolute atomic E-state index is 0.119. The lowest BCUT2D eigenvalue weighted by molar-refractivity contribution is 0.0888. The highest BCUT2D eigenvalue weighted by atomic mass is 16.5. The summed E-state index contributed by atoms with van der Waals surface area (Å²) in [7, 11) is 3.38. The zero-order chi connectivity index (χ0) is 27.6. The third-order valence-electron chi connectivity index (χ3n) is 8.28. The summed E-state index contributed by atoms with van der Waals surface area (Å²) in [6, 6.07) is 11.0. The van der Waals surface area contributed by atoms with Crippen LogP contribution >= 0.6 is 0 Å². The molecule has 3 aliphatic rings. The third-order valence-corrected chi connectivity index (χ3v) is 8.28. The Morgan fingerprint density at radius 2 is 1.63 bits per heavy atom. The molecule has 2 aromatic rings. The van der Waals surface area contributed by atoms with Crippen molar-refractivity contribution in [1.82, 2.24) is 14.7 Å². The average Bonchev–Trinajstić information content (AvgIpc) is 3.01. The minimum atomic E-state index is -0.252. The summed E-state index contributed by atoms with van der Waals surface area (Å²) >= 11 is 0. The number of hydrogen-bond acceptors (Lipinski definition) is 4. The SMILES string of the molecule is CC.CCN1C(=O)N2Cc3cc(OC)cc(OC)c3C(C)C=C2C12CCN(Cc1cc(C)cc(C)c1)CC2. The van der Waals surface area contributed by atoms with Gasteiger partial charge in [-0.3, -0.25) is 9.80 Å². The van der Waals surface area contributed by atoms with E-state index in [4.69, 9.17) is 9.47 Å². The molecule has 0 bridgehead atoms. The molecular weight excluding hydrogens is 474 g/mol. The average molecular weight is 520 g/mol. The molecule has 6 heteroatoms. The number of likely N-dealkylation sites (tertiary alicyclic amines) is 1. The van der Waals surface area contributed by atoms with Crippen LogP contribution in [-0.4, -0.2) is 60.1 Å². The highest BCUT2D eigenvalue weighted by Gasteiger charge is 2.54. The monoisotopic (exact) mass is 519 g/mol. The van der Waals surface area contributed by atoms with E-state index in [1.165, 1.54) is 22.4 Å². The van der Waals surface area contributed by atoms with Gasteiger partial charge in [0.05, 0.1) is 26.3 Å². The number of methoxy groups -OCH3 is 2. The Balaban J connectivity index is 0.00000164. The second kappa shape index (κ2) is 11.4. The molecule has 2 amide bonds. The summed E-state index contributed by atoms with van der Waals surface area (Å²) < 4.78 is 11.3. The van der Waals surface area contributed by atoms with Crippen molar-refractivity contribution in [3.05, 3.63) is 69.9 Å². The first-order chi connectivity index (χ1) is 18.3. The van der Waals surface area contributed by atoms with E-state index in [1.54, 1.807) is 14.2 Å². The van der Waals surface area contributed by atoms with Crippen LogP contribution in [0.1, 0.15) is 74.3 Å². The van der Waals surface area contributed by atoms with Gasteiger partial charge >= 0.3 is 6.03 Å². The van der Waals surface area contributed by atoms with Gasteiger partial charge in [0.2, 0.25) is 0 Å². The fourth-order valence-corrected chi connectivity index (χ4v) is 6.76. The predicted octanol–water partition coefficient (Wildman–Crippen LogP) is 6.64. The smallest absolute Gasteiger partial charge is 0.325 e. The number of nitrogens with zero attached hydrogens (tertiary/aromatic N) is 3. The number of piperidine rings is 1. The van der Waals surface area contributed by atoms with E-state index in [0.717, 1.165) is 55.1 Å². The Bertz CT molecular complexity index is 1180. The van der Waals surface area contributed by atoms with Crippen LogP contribution in [0.25, 0.3) is 0 Å². The van der Waals surface area contributed by atoms with E-state index in [-0.39, 0.29) is 17.5 Å². The highest BCUT2D eigenvalue weighted by molar-refractivity contribution is 5.83. The predicted molar refractivity (Wildman–Crippen MR) is 154 cm³/mol. The third kappa shape index (κ3) is 4.91. The number of likely N-dealkylation sites (N-methyl/N-ethyl adjacent to an activating group) is 1. The van der Waals surface area contributed by atoms with Crippen LogP contribution < -0.4 is 9.47 Å². The van der Waals surface area contributed by atoms with Crippen molar-refractivity contribution in [2.75, 3.05) is 33.9 Å². The topological polar surface area (TPSA) is 45.3 Å². The number of hydrogen-bond donors (Lipinski definition) is 0. The second-order valence-electron chi connectivity index (χ2n) is 10.7. The number of rotatable bonds is 5. The molecule has 3 heterocycles. The van der Waals surface area contributed by atoms with Gasteiger partial charge < -0.3 is 14.4 Å². The van der Waals surface area contributed by atoms with Crippen LogP contribution in [0.3, 0.4) is 0 Å². The Kier molecular flexibility index (Phi) is 8.41. The summed E-state index contributed by atoms with van der Waals surface area (Å²) in [4.78, 5) is 20.5. The maximum Gasteiger partial charge on any atom is 0.325 e. The number of carbonyl (C=O) groups is 1. The number of fused-ring (bicyclic) bond motifs is 3. The molecule has 1 spiro atoms. The summed E-state index contributed by atoms with van der Waals surface area (Å²) in [6.45, 7) is 16.8. The van der Waals surface area contributed by atoms with Gasteiger partial charge in [0.25, 0.3) is 0 Å². The highest BCUT2D eigenvalue weighted by Crippen LogP contribution is 2.49. The van der Waals surface area contributed by atoms with E-state index in [9.17, 15) is 4.79 Å². The van der Waals surface area contributed by atoms with Crippen LogP contribution in [0.2, 0.25) is 0 Å². The van der Waals surface area contributed by atoms with Crippen molar-refractivity contribution in [2.45, 2.75) is 78.9 Å². The van der Waals surface area contributed by atoms with E-state index < -0.39 is 0 Å². The van der Waals surface area contributed by atoms with E-state index in [0.29, 0.717) is 13.1 Å². The van der Waals surface area contributed by atoms with Crippen LogP contribution in [0.15, 0.2) is 42.1 Å². The maximum absolute atomic E-state index is 13.8. The lowest BCUT2D eigenvalue weighted by Crippen LogP contribution is -2.53. The standard InChI is InChI=1S/C30H39N3O3.C2H6/c1-7-33-29(34)32-19-24-16-25(35-5)17-26(36-6)28(24)22(4)15-27(32)30(33)8-10-31(11-9-30)18-23-13-20(2)12-21(3)14-23;1-2/h12-17,22H,7-11,18-19H2,1-6H3;1-2H3. The number of allylic oxidation sites excluding steroid dienone is 1. The van der Waals surface area contributed by atoms with Crippen molar-refractivity contribution < 1.29 is 14.3 Å². The molecule has 5 rings (SSSR count). The summed E-state index contributed by atoms with van der Waals surface area (Å²) in [5.41, 5.74) is 7.17. The Hall–Kier alpha value is -2.99. The number of aryl methyl sites for hydroxylation is 2. The molecule has 1 unspecified atom stereocenters. The zero-order valence-corrected chi connectivity index (χ0v) is 24.6. The molecule has 38 heavy (non-hydrogen) atoms. The number of carbonyl (C=O) groups excluding carboxylic acids is 1. The van der Waals surface area contributed by atoms with Crippen molar-refractivity contribution in [3.8, 4) is 11.5 Å². The van der Waals surface area contributed by atoms with Gasteiger partial charge in [-0.2, -0.15) is 0 Å². The maximum atomic E-state index is 13.8. The molecule has 0 radical (unpaired) electrons. The molecule has 0 aromatic heterocycles. The van der Waals surface area contributed by atoms with Crippen LogP contribution in [0.5, 0.6) is 11.5 Å². The lowest BCUT2D eigenvalue weighted by atomic mass is 9.82. The fraction of sp³-hybridized carbons (Fsp3) is 0.531. The van der Waals surface area contributed by atoms with Gasteiger partial charge in [-0.1, -0.05) is 56.2 Å². The van der Waals surface area contributed by atoms with Crippen LogP contribution in [0.4, 0.5) is 4.79 Å². The quantitative estimate of drug-likeness (QED) is 0.444. The van der Waals surface area contributed by atoms with Crippen molar-refractivity contribution in [3.63, 3.8) is 0 Å². The Labute approximate surface area is 229 Å². The van der Waals surface area contributed by atoms with Gasteiger partial charge in [0.15, 0.2) is 0 Å². The Morgan fingerprint density at radius 1 is 0.974 bits per heavy atom. The molecule has 1 atom stereocenters. The first kappa shape index (κ1) is 28.0. The minimum Gasteiger partial charge on any atom is -0.497 e. The van der Waals surface area contributed by atoms with Crippen LogP contribution in [0, 0.1) is 13.8 Å². The van der Waals surface area contributed by atoms with Gasteiger partial charge in [-0.15, -0.1) is 0 Å². The van der Waals surface area contributed by atoms with Gasteiger partial charge in [-0.05, 0) is 50.8 Å². The lowest BCUT2D eigenvalue weighted by Gasteiger charge is -2.44. The molecule has 206 valence electrons. The molecule has 2 saturated heterocycles. The normalized spacial score (nSPS) is 20.3. The molecule has 3 aliphatic heterocycles. The van der Waals surface area contributed by atoms with Gasteiger partial charge in [-0.25, -0.2) is 4.79 Å². The van der Waals surface area contributed by atoms with E-state index >= 15 is 0 Å². The van der Waals surface area contributed by atoms with E-state index in [1.807, 2.05) is 24.8 Å². The summed E-state index contributed by atoms with van der Waals surface area (Å²) in [5.74, 6) is 1.72. The van der Waals surface area contributed by atoms with Crippen LogP contribution in [-0.2, 0) is 13.1 Å². The van der Waals surface area contributed by atoms with Crippen molar-refractivity contribution >= 4 is 6.03 Å². The fourth-order valence-electron chi connectivity index (χ4n) is 6.76. The first-order valence-electron chi connectivity index (χ1n) is 14.2. The van der Waals surface area contributed by atoms with Gasteiger partial charge in [0, 0.05) is 49.4 Å². The molecule has 0 aliphatic carbocycles.